The van der Waals surface area contributed by atoms with Crippen molar-refractivity contribution in [3.8, 4) is 0 Å². The van der Waals surface area contributed by atoms with Crippen LogP contribution in [0, 0.1) is 0 Å². The molecule has 0 aliphatic carbocycles. The number of hydrogen-bond acceptors (Lipinski definition) is 7. The maximum absolute atomic E-state index is 12.7. The van der Waals surface area contributed by atoms with Crippen LogP contribution in [0.25, 0.3) is 6.08 Å². The van der Waals surface area contributed by atoms with E-state index in [4.69, 9.17) is 9.57 Å². The number of carbonyl (C=O) groups excluding carboxylic acids is 1. The molecule has 1 saturated heterocycles. The molecule has 1 amide bonds. The zero-order chi connectivity index (χ0) is 23.9. The van der Waals surface area contributed by atoms with E-state index in [2.05, 4.69) is 15.2 Å². The van der Waals surface area contributed by atoms with Crippen LogP contribution in [0.2, 0.25) is 0 Å². The number of amides is 1. The van der Waals surface area contributed by atoms with E-state index >= 15 is 0 Å². The Balaban J connectivity index is 1.58. The molecule has 10 heteroatoms. The predicted octanol–water partition coefficient (Wildman–Crippen LogP) is 2.08. The molecule has 1 aromatic heterocycles. The lowest BCUT2D eigenvalue weighted by molar-refractivity contribution is -0.116. The van der Waals surface area contributed by atoms with E-state index in [1.807, 2.05) is 26.0 Å². The topological polar surface area (TPSA) is 101 Å². The van der Waals surface area contributed by atoms with Crippen LogP contribution in [0.3, 0.4) is 0 Å². The summed E-state index contributed by atoms with van der Waals surface area (Å²) >= 11 is 0. The Morgan fingerprint density at radius 2 is 1.91 bits per heavy atom. The molecule has 0 saturated carbocycles. The first-order valence-electron chi connectivity index (χ1n) is 11.7. The van der Waals surface area contributed by atoms with E-state index < -0.39 is 10.0 Å². The Hall–Kier alpha value is -1.85. The number of pyridine rings is 1. The Bertz CT molecular complexity index is 811. The number of ether oxygens (including phenoxy) is 1. The van der Waals surface area contributed by atoms with Gasteiger partial charge < -0.3 is 10.1 Å². The fraction of sp³-hybridized carbons (Fsp3) is 0.652. The summed E-state index contributed by atoms with van der Waals surface area (Å²) in [5, 5.41) is 2.84. The van der Waals surface area contributed by atoms with Gasteiger partial charge in [0.1, 0.15) is 0 Å². The minimum atomic E-state index is -3.48. The summed E-state index contributed by atoms with van der Waals surface area (Å²) < 4.78 is 31.9. The minimum absolute atomic E-state index is 0.0593. The molecule has 9 nitrogen and oxygen atoms in total. The molecule has 33 heavy (non-hydrogen) atoms. The molecule has 0 bridgehead atoms. The van der Waals surface area contributed by atoms with Crippen molar-refractivity contribution >= 4 is 22.0 Å². The highest BCUT2D eigenvalue weighted by atomic mass is 32.2. The molecular weight excluding hydrogens is 444 g/mol. The van der Waals surface area contributed by atoms with Crippen LogP contribution in [-0.4, -0.2) is 86.5 Å². The van der Waals surface area contributed by atoms with Crippen molar-refractivity contribution in [1.82, 2.24) is 19.7 Å². The summed E-state index contributed by atoms with van der Waals surface area (Å²) in [5.41, 5.74) is 0.918. The smallest absolute Gasteiger partial charge is 0.243 e. The third-order valence-corrected chi connectivity index (χ3v) is 7.07. The SMILES string of the molecule is CC(C)N(OCCN1CCOCC1)S(=O)(=O)CCCCCCNC(=O)/C=C/c1ccncc1. The van der Waals surface area contributed by atoms with Crippen LogP contribution < -0.4 is 5.32 Å². The van der Waals surface area contributed by atoms with Crippen molar-refractivity contribution in [2.24, 2.45) is 0 Å². The monoisotopic (exact) mass is 482 g/mol. The second-order valence-corrected chi connectivity index (χ2v) is 10.2. The summed E-state index contributed by atoms with van der Waals surface area (Å²) in [4.78, 5) is 23.6. The maximum Gasteiger partial charge on any atom is 0.243 e. The average molecular weight is 483 g/mol. The Kier molecular flexibility index (Phi) is 12.6. The van der Waals surface area contributed by atoms with Crippen LogP contribution in [0.15, 0.2) is 30.6 Å². The van der Waals surface area contributed by atoms with Crippen molar-refractivity contribution in [1.29, 1.82) is 0 Å². The minimum Gasteiger partial charge on any atom is -0.379 e. The Morgan fingerprint density at radius 3 is 2.61 bits per heavy atom. The van der Waals surface area contributed by atoms with Crippen LogP contribution in [-0.2, 0) is 24.4 Å². The first kappa shape index (κ1) is 27.4. The fourth-order valence-electron chi connectivity index (χ4n) is 3.41. The third kappa shape index (κ3) is 11.2. The highest BCUT2D eigenvalue weighted by Gasteiger charge is 2.26. The van der Waals surface area contributed by atoms with E-state index in [-0.39, 0.29) is 17.7 Å². The summed E-state index contributed by atoms with van der Waals surface area (Å²) in [5.74, 6) is -0.0831. The number of nitrogens with zero attached hydrogens (tertiary/aromatic N) is 3. The third-order valence-electron chi connectivity index (χ3n) is 5.19. The summed E-state index contributed by atoms with van der Waals surface area (Å²) in [6.07, 6.45) is 9.59. The fourth-order valence-corrected chi connectivity index (χ4v) is 5.03. The van der Waals surface area contributed by atoms with Gasteiger partial charge in [0, 0.05) is 50.7 Å². The Morgan fingerprint density at radius 1 is 1.21 bits per heavy atom. The Labute approximate surface area is 198 Å². The molecule has 2 heterocycles. The number of hydroxylamine groups is 1. The van der Waals surface area contributed by atoms with Gasteiger partial charge >= 0.3 is 0 Å². The second kappa shape index (κ2) is 15.1. The zero-order valence-electron chi connectivity index (χ0n) is 19.8. The van der Waals surface area contributed by atoms with E-state index in [0.29, 0.717) is 39.3 Å². The molecule has 0 spiro atoms. The lowest BCUT2D eigenvalue weighted by atomic mass is 10.2. The highest BCUT2D eigenvalue weighted by molar-refractivity contribution is 7.88. The molecule has 2 rings (SSSR count). The number of morpholine rings is 1. The zero-order valence-corrected chi connectivity index (χ0v) is 20.6. The molecule has 1 fully saturated rings. The number of unbranched alkanes of at least 4 members (excludes halogenated alkanes) is 3. The summed E-state index contributed by atoms with van der Waals surface area (Å²) in [7, 11) is -3.48. The molecule has 1 aromatic rings. The van der Waals surface area contributed by atoms with Gasteiger partial charge in [-0.25, -0.2) is 8.42 Å². The number of aromatic nitrogens is 1. The van der Waals surface area contributed by atoms with Crippen LogP contribution >= 0.6 is 0 Å². The van der Waals surface area contributed by atoms with Gasteiger partial charge in [-0.05, 0) is 50.5 Å². The molecule has 1 aliphatic heterocycles. The largest absolute Gasteiger partial charge is 0.379 e. The first-order chi connectivity index (χ1) is 15.9. The van der Waals surface area contributed by atoms with Crippen LogP contribution in [0.1, 0.15) is 45.1 Å². The van der Waals surface area contributed by atoms with Crippen molar-refractivity contribution in [3.05, 3.63) is 36.2 Å². The summed E-state index contributed by atoms with van der Waals surface area (Å²) in [6, 6.07) is 3.40. The van der Waals surface area contributed by atoms with Gasteiger partial charge in [0.2, 0.25) is 15.9 Å². The van der Waals surface area contributed by atoms with Crippen LogP contribution in [0.5, 0.6) is 0 Å². The van der Waals surface area contributed by atoms with Gasteiger partial charge in [0.15, 0.2) is 0 Å². The molecule has 0 aromatic carbocycles. The molecule has 0 atom stereocenters. The molecule has 1 N–H and O–H groups in total. The van der Waals surface area contributed by atoms with E-state index in [1.165, 1.54) is 6.08 Å². The molecule has 0 unspecified atom stereocenters. The highest BCUT2D eigenvalue weighted by Crippen LogP contribution is 2.12. The average Bonchev–Trinajstić information content (AvgIpc) is 2.80. The normalized spacial score (nSPS) is 15.5. The lowest BCUT2D eigenvalue weighted by Crippen LogP contribution is -2.42. The number of rotatable bonds is 15. The summed E-state index contributed by atoms with van der Waals surface area (Å²) in [6.45, 7) is 8.33. The van der Waals surface area contributed by atoms with Gasteiger partial charge in [-0.15, -0.1) is 0 Å². The predicted molar refractivity (Wildman–Crippen MR) is 129 cm³/mol. The number of nitrogens with one attached hydrogen (secondary N) is 1. The van der Waals surface area contributed by atoms with Crippen molar-refractivity contribution in [3.63, 3.8) is 0 Å². The van der Waals surface area contributed by atoms with Crippen LogP contribution in [0.4, 0.5) is 0 Å². The lowest BCUT2D eigenvalue weighted by Gasteiger charge is -2.29. The van der Waals surface area contributed by atoms with Gasteiger partial charge in [-0.3, -0.25) is 19.5 Å². The molecule has 0 radical (unpaired) electrons. The standard InChI is InChI=1S/C23H38N4O5S/c1-21(2)27(32-19-16-26-14-17-31-18-15-26)33(29,30)20-6-4-3-5-11-25-23(28)8-7-22-9-12-24-13-10-22/h7-10,12-13,21H,3-6,11,14-20H2,1-2H3,(H,25,28)/b8-7+. The maximum atomic E-state index is 12.7. The molecule has 1 aliphatic rings. The van der Waals surface area contributed by atoms with Crippen molar-refractivity contribution in [2.75, 3.05) is 51.8 Å². The van der Waals surface area contributed by atoms with Crippen molar-refractivity contribution < 1.29 is 22.8 Å². The van der Waals surface area contributed by atoms with E-state index in [0.717, 1.165) is 42.4 Å². The van der Waals surface area contributed by atoms with Gasteiger partial charge in [-0.1, -0.05) is 17.3 Å². The van der Waals surface area contributed by atoms with Gasteiger partial charge in [0.25, 0.3) is 0 Å². The number of carbonyl (C=O) groups is 1. The van der Waals surface area contributed by atoms with E-state index in [9.17, 15) is 13.2 Å². The quantitative estimate of drug-likeness (QED) is 0.232. The first-order valence-corrected chi connectivity index (χ1v) is 13.3. The second-order valence-electron chi connectivity index (χ2n) is 8.27. The number of hydrogen-bond donors (Lipinski definition) is 1. The van der Waals surface area contributed by atoms with Gasteiger partial charge in [-0.2, -0.15) is 0 Å². The number of sulfonamides is 1. The van der Waals surface area contributed by atoms with Crippen molar-refractivity contribution in [2.45, 2.75) is 45.6 Å². The van der Waals surface area contributed by atoms with E-state index in [1.54, 1.807) is 18.5 Å². The van der Waals surface area contributed by atoms with Gasteiger partial charge in [0.05, 0.1) is 25.6 Å². The molecular formula is C23H38N4O5S. The molecule has 186 valence electrons.